The molecule has 0 saturated carbocycles. The van der Waals surface area contributed by atoms with E-state index >= 15 is 0 Å². The number of aryl methyl sites for hydroxylation is 2. The minimum Gasteiger partial charge on any atom is -0.756 e. The van der Waals surface area contributed by atoms with Crippen LogP contribution in [-0.2, 0) is 102 Å². The summed E-state index contributed by atoms with van der Waals surface area (Å²) in [4.78, 5) is 171. The Morgan fingerprint density at radius 2 is 1.37 bits per heavy atom. The number of phenols is 2. The second-order valence-corrected chi connectivity index (χ2v) is 38.2. The molecule has 2 fully saturated rings. The molecule has 1 spiro atoms. The number of aromatic nitrogens is 5. The monoisotopic (exact) mass is 1920 g/mol. The molecule has 10 heterocycles. The SMILES string of the molecule is C/C1=C2/[N-][C@H]([C@H](CC(N)=O)[C@@]2(C)CCC(=O)NC[C@@H](C)OP(=O)([O-])O[C@H]2[C@@H](O)[C@@H](n3cnc4cc(C)c(C)cc43)O[C@@H]2COC(=O)NCCOCCn2cc(CNC(=O)c3ccc4c(c3)C3(OC4=O)c4ccc(O)cc4Oc4cc(O)ccc43)nn2)[C@]2(C)N=C(/C(C)=C3N=C(/C=C4N=C1[C@@H](CCC(N)=O)C\4(C)C)[C@@H](CCC(N)=O)[C@]\3(C)CC(N)=O)[C@@H](CCC(N)=O)[C@]2(C)CC(N)=O.[C-]#N.[Co+3]. The van der Waals surface area contributed by atoms with E-state index in [0.717, 1.165) is 11.1 Å². The van der Waals surface area contributed by atoms with Crippen LogP contribution in [0.25, 0.3) is 16.4 Å². The Hall–Kier alpha value is -12.6. The number of amides is 9. The van der Waals surface area contributed by atoms with E-state index in [1.54, 1.807) is 52.1 Å². The molecule has 4 aromatic carbocycles. The van der Waals surface area contributed by atoms with Gasteiger partial charge in [-0.05, 0) is 162 Å². The first-order chi connectivity index (χ1) is 63.2. The van der Waals surface area contributed by atoms with Crippen molar-refractivity contribution in [2.45, 2.75) is 208 Å². The van der Waals surface area contributed by atoms with E-state index in [4.69, 9.17) is 99.3 Å². The fourth-order valence-electron chi connectivity index (χ4n) is 20.6. The van der Waals surface area contributed by atoms with Gasteiger partial charge in [0.1, 0.15) is 53.6 Å². The molecule has 8 bridgehead atoms. The maximum absolute atomic E-state index is 14.7. The molecule has 2 aromatic heterocycles. The number of phosphoric acid groups is 1. The van der Waals surface area contributed by atoms with Gasteiger partial charge in [-0.3, -0.25) is 57.9 Å². The molecule has 1 unspecified atom stereocenters. The molecule has 14 rings (SSSR count). The molecule has 41 nitrogen and oxygen atoms in total. The predicted octanol–water partition coefficient (Wildman–Crippen LogP) is 6.36. The Balaban J connectivity index is 0.00000543. The summed E-state index contributed by atoms with van der Waals surface area (Å²) in [5.41, 5.74) is 36.4. The Morgan fingerprint density at radius 3 is 2.01 bits per heavy atom. The van der Waals surface area contributed by atoms with Gasteiger partial charge in [0.15, 0.2) is 11.8 Å². The van der Waals surface area contributed by atoms with Gasteiger partial charge in [0.05, 0.1) is 72.8 Å². The Labute approximate surface area is 787 Å². The zero-order valence-electron chi connectivity index (χ0n) is 76.4. The number of carbonyl (C=O) groups excluding carboxylic acids is 10. The largest absolute Gasteiger partial charge is 3.00 e. The molecule has 2 saturated heterocycles. The molecule has 0 radical (unpaired) electrons. The van der Waals surface area contributed by atoms with Crippen molar-refractivity contribution < 1.29 is 122 Å². The summed E-state index contributed by atoms with van der Waals surface area (Å²) in [6.07, 6.45) is -5.52. The van der Waals surface area contributed by atoms with Crippen molar-refractivity contribution >= 4 is 95.3 Å². The number of hydrogen-bond donors (Lipinski definition) is 12. The summed E-state index contributed by atoms with van der Waals surface area (Å²) in [6.45, 7) is 23.6. The third-order valence-electron chi connectivity index (χ3n) is 27.7. The van der Waals surface area contributed by atoms with Crippen LogP contribution in [-0.4, -0.2) is 185 Å². The molecule has 8 aliphatic rings. The summed E-state index contributed by atoms with van der Waals surface area (Å²) in [5.74, 6) is -8.89. The molecule has 9 amide bonds. The second kappa shape index (κ2) is 39.8. The summed E-state index contributed by atoms with van der Waals surface area (Å²) in [7, 11) is -5.56. The average molecular weight is 1920 g/mol. The number of nitrogens with two attached hydrogens (primary N) is 6. The van der Waals surface area contributed by atoms with Crippen molar-refractivity contribution in [2.24, 2.45) is 94.7 Å². The van der Waals surface area contributed by atoms with E-state index in [-0.39, 0.29) is 154 Å². The molecule has 720 valence electrons. The number of fused-ring (bicyclic) bond motifs is 13. The molecular formula is C92H111CoN19O22P. The number of primary amides is 6. The number of carbonyl (C=O) groups is 10. The van der Waals surface area contributed by atoms with Crippen LogP contribution in [0.5, 0.6) is 23.0 Å². The molecule has 135 heavy (non-hydrogen) atoms. The number of ether oxygens (including phenoxy) is 5. The minimum absolute atomic E-state index is 0. The minimum atomic E-state index is -5.56. The van der Waals surface area contributed by atoms with Gasteiger partial charge in [0.2, 0.25) is 41.4 Å². The van der Waals surface area contributed by atoms with Crippen LogP contribution in [0.4, 0.5) is 4.79 Å². The van der Waals surface area contributed by atoms with Gasteiger partial charge < -0.3 is 125 Å². The zero-order valence-corrected chi connectivity index (χ0v) is 78.3. The maximum Gasteiger partial charge on any atom is 3.00 e. The maximum atomic E-state index is 14.7. The zero-order chi connectivity index (χ0) is 97.6. The van der Waals surface area contributed by atoms with E-state index in [0.29, 0.717) is 78.8 Å². The van der Waals surface area contributed by atoms with Crippen LogP contribution in [0.3, 0.4) is 0 Å². The van der Waals surface area contributed by atoms with Gasteiger partial charge >= 0.3 is 28.8 Å². The van der Waals surface area contributed by atoms with Crippen molar-refractivity contribution in [1.29, 1.82) is 5.26 Å². The fraction of sp³-hybridized carbons (Fsp3) is 0.489. The van der Waals surface area contributed by atoms with Gasteiger partial charge in [-0.25, -0.2) is 19.3 Å². The van der Waals surface area contributed by atoms with E-state index in [1.807, 2.05) is 59.8 Å². The normalized spacial score (nSPS) is 27.3. The number of allylic oxidation sites excluding steroid dienone is 6. The number of aliphatic hydroxyl groups excluding tert-OH is 1. The van der Waals surface area contributed by atoms with Crippen molar-refractivity contribution in [3.05, 3.63) is 170 Å². The second-order valence-electron chi connectivity index (χ2n) is 36.9. The topological polar surface area (TPSA) is 652 Å². The predicted molar refractivity (Wildman–Crippen MR) is 479 cm³/mol. The molecule has 6 aromatic rings. The van der Waals surface area contributed by atoms with Crippen molar-refractivity contribution in [3.8, 4) is 23.0 Å². The van der Waals surface area contributed by atoms with Crippen LogP contribution in [0, 0.1) is 71.0 Å². The van der Waals surface area contributed by atoms with E-state index in [1.165, 1.54) is 58.9 Å². The summed E-state index contributed by atoms with van der Waals surface area (Å²) in [6, 6.07) is 15.7. The van der Waals surface area contributed by atoms with E-state index < -0.39 is 173 Å². The van der Waals surface area contributed by atoms with Crippen molar-refractivity contribution in [1.82, 2.24) is 40.5 Å². The first-order valence-corrected chi connectivity index (χ1v) is 45.3. The van der Waals surface area contributed by atoms with Gasteiger partial charge in [0.25, 0.3) is 13.7 Å². The fourth-order valence-corrected chi connectivity index (χ4v) is 21.8. The number of nitrogens with one attached hydrogen (secondary N) is 3. The molecule has 15 atom stereocenters. The number of benzene rings is 4. The third-order valence-corrected chi connectivity index (χ3v) is 28.8. The summed E-state index contributed by atoms with van der Waals surface area (Å²) >= 11 is 0. The third kappa shape index (κ3) is 20.0. The van der Waals surface area contributed by atoms with Crippen molar-refractivity contribution in [2.75, 3.05) is 32.9 Å². The molecule has 8 aliphatic heterocycles. The van der Waals surface area contributed by atoms with Crippen molar-refractivity contribution in [3.63, 3.8) is 0 Å². The van der Waals surface area contributed by atoms with Gasteiger partial charge in [-0.1, -0.05) is 45.9 Å². The number of aliphatic hydroxyl groups is 1. The van der Waals surface area contributed by atoms with Crippen LogP contribution < -0.4 is 60.0 Å². The number of phenolic OH excluding ortho intramolecular Hbond substituents is 2. The number of hydrogen-bond acceptors (Lipinski definition) is 29. The molecule has 43 heteroatoms. The number of aliphatic imine (C=N–C) groups is 3. The van der Waals surface area contributed by atoms with Gasteiger partial charge in [-0.15, -0.1) is 5.10 Å². The molecular weight excluding hydrogens is 1810 g/mol. The van der Waals surface area contributed by atoms with Gasteiger partial charge in [-0.2, -0.15) is 5.70 Å². The summed E-state index contributed by atoms with van der Waals surface area (Å²) < 4.78 is 58.3. The van der Waals surface area contributed by atoms with Gasteiger partial charge in [0, 0.05) is 149 Å². The Bertz CT molecular complexity index is 5990. The molecule has 0 aliphatic carbocycles. The number of rotatable bonds is 36. The first-order valence-electron chi connectivity index (χ1n) is 43.9. The Morgan fingerprint density at radius 1 is 0.733 bits per heavy atom. The van der Waals surface area contributed by atoms with E-state index in [9.17, 15) is 72.7 Å². The smallest absolute Gasteiger partial charge is 0.756 e. The van der Waals surface area contributed by atoms with E-state index in [2.05, 4.69) is 31.2 Å². The number of imidazole rings is 1. The standard InChI is InChI=1S/C91H113N18O22P.CN.Co/c1-44-30-62-63(31-45(44)2)109(43-101-62)83-77(119)78(66(128-83)42-126-85(122)98-26-28-125-29-27-108-41-50(106-107-108)40-100-82(120)49-12-15-53-59(32-49)91(129-84(53)121)55-16-13-51(110)33-64(55)127-65-34-52(111)14-17-56(65)91)131-132(123,124)130-46(3)39-99-74(118)24-25-87(8)60(35-71(95)115)81-90(11)89(10,38-73(97)117)58(20-23-70(94)114)76(105-90)48(5)80-88(9,37-72(96)116)54(18-21-68(92)112)61(102-80)36-67-86(6,7)57(19-22-69(93)113)75(103-67)47(4)79(87)104-81;1-2;/h12-17,30-34,36,41,43,46,54,57-58,60,66,77-78,81,83,119H,18-29,35,37-40,42H2,1-11H3,(H19,92,93,94,95,96,97,98,99,100,102,103,104,105,110,111,112,113,114,115,116,117,118,120,122,123,124);;/q;-1;+3/p-2/t46-,54-,57-,58-,60+,66-,77-,78-,81-,83+,87-,88+,89+,90+;;/m1../s1. The number of phosphoric ester groups is 1. The average Bonchev–Trinajstić information content (AvgIpc) is 1.53. The first kappa shape index (κ1) is 101. The number of esters is 1. The van der Waals surface area contributed by atoms with Crippen LogP contribution in [0.15, 0.2) is 129 Å². The number of aromatic hydroxyl groups is 2. The Kier molecular flexibility index (Phi) is 29.9. The van der Waals surface area contributed by atoms with Crippen LogP contribution >= 0.6 is 7.82 Å². The van der Waals surface area contributed by atoms with Crippen LogP contribution in [0.2, 0.25) is 0 Å². The summed E-state index contributed by atoms with van der Waals surface area (Å²) in [5, 5.41) is 61.2. The van der Waals surface area contributed by atoms with Crippen LogP contribution in [0.1, 0.15) is 193 Å². The number of alkyl carbamates (subject to hydrolysis) is 1. The number of nitrogens with zero attached hydrogens (tertiary/aromatic N) is 10. The molecule has 18 N–H and O–H groups in total. The quantitative estimate of drug-likeness (QED) is 0.00880.